The Kier molecular flexibility index (Phi) is 5.33. The number of rotatable bonds is 5. The van der Waals surface area contributed by atoms with Crippen molar-refractivity contribution < 1.29 is 8.42 Å². The minimum absolute atomic E-state index is 0.467. The van der Waals surface area contributed by atoms with E-state index in [4.69, 9.17) is 0 Å². The second-order valence-corrected chi connectivity index (χ2v) is 15.4. The first-order valence-electron chi connectivity index (χ1n) is 8.24. The third kappa shape index (κ3) is 3.90. The summed E-state index contributed by atoms with van der Waals surface area (Å²) in [5.74, 6) is 0. The Morgan fingerprint density at radius 3 is 2.18 bits per heavy atom. The van der Waals surface area contributed by atoms with E-state index in [9.17, 15) is 8.42 Å². The van der Waals surface area contributed by atoms with Crippen molar-refractivity contribution in [1.82, 2.24) is 0 Å². The van der Waals surface area contributed by atoms with E-state index in [0.717, 1.165) is 38.1 Å². The topological polar surface area (TPSA) is 34.1 Å². The van der Waals surface area contributed by atoms with Crippen LogP contribution in [0.1, 0.15) is 32.1 Å². The maximum absolute atomic E-state index is 13.2. The number of benzene rings is 1. The van der Waals surface area contributed by atoms with Crippen molar-refractivity contribution in [1.29, 1.82) is 0 Å². The summed E-state index contributed by atoms with van der Waals surface area (Å²) in [6.07, 6.45) is 8.85. The molecule has 1 aliphatic rings. The SMILES string of the molecule is C[Si](C)(C)C/C=C/C1(S(=O)(=O)c2ccccc2)CCCCC1. The molecule has 0 atom stereocenters. The van der Waals surface area contributed by atoms with Crippen molar-refractivity contribution in [3.63, 3.8) is 0 Å². The molecule has 122 valence electrons. The van der Waals surface area contributed by atoms with E-state index in [2.05, 4.69) is 25.7 Å². The van der Waals surface area contributed by atoms with Gasteiger partial charge in [-0.15, -0.1) is 0 Å². The fourth-order valence-electron chi connectivity index (χ4n) is 3.14. The van der Waals surface area contributed by atoms with Crippen LogP contribution in [0.15, 0.2) is 47.4 Å². The van der Waals surface area contributed by atoms with Crippen molar-refractivity contribution in [2.24, 2.45) is 0 Å². The number of allylic oxidation sites excluding steroid dienone is 1. The van der Waals surface area contributed by atoms with Crippen LogP contribution in [0.2, 0.25) is 25.7 Å². The smallest absolute Gasteiger partial charge is 0.187 e. The first-order valence-corrected chi connectivity index (χ1v) is 13.4. The molecule has 1 fully saturated rings. The van der Waals surface area contributed by atoms with Gasteiger partial charge in [-0.25, -0.2) is 8.42 Å². The largest absolute Gasteiger partial charge is 0.223 e. The molecule has 1 aromatic carbocycles. The average molecular weight is 337 g/mol. The maximum atomic E-state index is 13.2. The van der Waals surface area contributed by atoms with E-state index in [1.807, 2.05) is 24.3 Å². The second kappa shape index (κ2) is 6.71. The van der Waals surface area contributed by atoms with E-state index in [1.54, 1.807) is 12.1 Å². The van der Waals surface area contributed by atoms with Gasteiger partial charge in [0.2, 0.25) is 0 Å². The van der Waals surface area contributed by atoms with Gasteiger partial charge in [0.25, 0.3) is 0 Å². The summed E-state index contributed by atoms with van der Waals surface area (Å²) in [5.41, 5.74) is 0. The van der Waals surface area contributed by atoms with Gasteiger partial charge in [0.15, 0.2) is 9.84 Å². The normalized spacial score (nSPS) is 19.4. The zero-order valence-electron chi connectivity index (χ0n) is 14.0. The third-order valence-corrected chi connectivity index (χ3v) is 8.41. The Balaban J connectivity index is 2.37. The highest BCUT2D eigenvalue weighted by Gasteiger charge is 2.43. The Hall–Kier alpha value is -0.873. The molecule has 0 bridgehead atoms. The lowest BCUT2D eigenvalue weighted by atomic mass is 9.88. The lowest BCUT2D eigenvalue weighted by molar-refractivity contribution is 0.423. The van der Waals surface area contributed by atoms with Crippen LogP contribution in [-0.4, -0.2) is 21.2 Å². The molecule has 0 saturated heterocycles. The highest BCUT2D eigenvalue weighted by molar-refractivity contribution is 7.93. The predicted molar refractivity (Wildman–Crippen MR) is 96.7 cm³/mol. The Morgan fingerprint density at radius 2 is 1.64 bits per heavy atom. The zero-order valence-corrected chi connectivity index (χ0v) is 15.8. The molecule has 2 nitrogen and oxygen atoms in total. The van der Waals surface area contributed by atoms with E-state index in [1.165, 1.54) is 0 Å². The lowest BCUT2D eigenvalue weighted by Gasteiger charge is -2.34. The Bertz CT molecular complexity index is 606. The summed E-state index contributed by atoms with van der Waals surface area (Å²) < 4.78 is 25.8. The first-order chi connectivity index (χ1) is 10.3. The summed E-state index contributed by atoms with van der Waals surface area (Å²) in [4.78, 5) is 0.467. The third-order valence-electron chi connectivity index (χ3n) is 4.44. The van der Waals surface area contributed by atoms with Crippen molar-refractivity contribution >= 4 is 17.9 Å². The van der Waals surface area contributed by atoms with Gasteiger partial charge in [-0.3, -0.25) is 0 Å². The van der Waals surface area contributed by atoms with Gasteiger partial charge < -0.3 is 0 Å². The van der Waals surface area contributed by atoms with Crippen molar-refractivity contribution in [2.45, 2.75) is 67.4 Å². The van der Waals surface area contributed by atoms with Gasteiger partial charge >= 0.3 is 0 Å². The van der Waals surface area contributed by atoms with Crippen LogP contribution in [0.5, 0.6) is 0 Å². The standard InChI is InChI=1S/C18H28O2SSi/c1-22(2,3)16-10-15-18(13-8-5-9-14-18)21(19,20)17-11-6-4-7-12-17/h4,6-7,10-12,15H,5,8-9,13-14,16H2,1-3H3/b15-10+. The predicted octanol–water partition coefficient (Wildman–Crippen LogP) is 5.06. The molecule has 0 unspecified atom stereocenters. The molecule has 2 rings (SSSR count). The van der Waals surface area contributed by atoms with Crippen LogP contribution in [-0.2, 0) is 9.84 Å². The average Bonchev–Trinajstić information content (AvgIpc) is 2.47. The summed E-state index contributed by atoms with van der Waals surface area (Å²) in [6, 6.07) is 10.0. The fraction of sp³-hybridized carbons (Fsp3) is 0.556. The number of sulfone groups is 1. The van der Waals surface area contributed by atoms with Crippen LogP contribution in [0, 0.1) is 0 Å². The highest BCUT2D eigenvalue weighted by Crippen LogP contribution is 2.40. The highest BCUT2D eigenvalue weighted by atomic mass is 32.2. The monoisotopic (exact) mass is 336 g/mol. The molecule has 0 amide bonds. The van der Waals surface area contributed by atoms with Crippen molar-refractivity contribution in [3.05, 3.63) is 42.5 Å². The molecule has 0 N–H and O–H groups in total. The Labute approximate surface area is 136 Å². The first kappa shape index (κ1) is 17.5. The number of hydrogen-bond acceptors (Lipinski definition) is 2. The molecule has 1 aromatic rings. The van der Waals surface area contributed by atoms with Gasteiger partial charge in [-0.2, -0.15) is 0 Å². The van der Waals surface area contributed by atoms with Gasteiger partial charge in [-0.1, -0.05) is 69.3 Å². The molecule has 0 spiro atoms. The van der Waals surface area contributed by atoms with Crippen LogP contribution in [0.25, 0.3) is 0 Å². The van der Waals surface area contributed by atoms with Crippen LogP contribution in [0.3, 0.4) is 0 Å². The van der Waals surface area contributed by atoms with Crippen LogP contribution < -0.4 is 0 Å². The van der Waals surface area contributed by atoms with Crippen molar-refractivity contribution in [2.75, 3.05) is 0 Å². The quantitative estimate of drug-likeness (QED) is 0.556. The molecule has 0 aromatic heterocycles. The zero-order chi connectivity index (χ0) is 16.3. The van der Waals surface area contributed by atoms with Gasteiger partial charge in [-0.05, 0) is 31.0 Å². The molecule has 0 aliphatic heterocycles. The van der Waals surface area contributed by atoms with E-state index in [0.29, 0.717) is 4.90 Å². The Morgan fingerprint density at radius 1 is 1.05 bits per heavy atom. The van der Waals surface area contributed by atoms with Crippen molar-refractivity contribution in [3.8, 4) is 0 Å². The maximum Gasteiger partial charge on any atom is 0.187 e. The van der Waals surface area contributed by atoms with E-state index >= 15 is 0 Å². The molecule has 4 heteroatoms. The molecular formula is C18H28O2SSi. The minimum atomic E-state index is -3.31. The summed E-state index contributed by atoms with van der Waals surface area (Å²) in [6.45, 7) is 6.95. The minimum Gasteiger partial charge on any atom is -0.223 e. The summed E-state index contributed by atoms with van der Waals surface area (Å²) >= 11 is 0. The van der Waals surface area contributed by atoms with Gasteiger partial charge in [0.1, 0.15) is 0 Å². The molecule has 22 heavy (non-hydrogen) atoms. The van der Waals surface area contributed by atoms with Crippen LogP contribution >= 0.6 is 0 Å². The molecule has 1 saturated carbocycles. The second-order valence-electron chi connectivity index (χ2n) is 7.61. The van der Waals surface area contributed by atoms with E-state index < -0.39 is 22.7 Å². The summed E-state index contributed by atoms with van der Waals surface area (Å²) in [5, 5.41) is 0. The molecular weight excluding hydrogens is 308 g/mol. The number of hydrogen-bond donors (Lipinski definition) is 0. The van der Waals surface area contributed by atoms with Crippen LogP contribution in [0.4, 0.5) is 0 Å². The summed E-state index contributed by atoms with van der Waals surface area (Å²) in [7, 11) is -4.51. The molecule has 1 aliphatic carbocycles. The van der Waals surface area contributed by atoms with E-state index in [-0.39, 0.29) is 0 Å². The lowest BCUT2D eigenvalue weighted by Crippen LogP contribution is -2.39. The molecule has 0 radical (unpaired) electrons. The van der Waals surface area contributed by atoms with Gasteiger partial charge in [0.05, 0.1) is 9.64 Å². The molecule has 0 heterocycles. The van der Waals surface area contributed by atoms with Gasteiger partial charge in [0, 0.05) is 8.07 Å². The fourth-order valence-corrected chi connectivity index (χ4v) is 6.05.